The van der Waals surface area contributed by atoms with E-state index in [9.17, 15) is 4.79 Å². The summed E-state index contributed by atoms with van der Waals surface area (Å²) < 4.78 is 16.4. The topological polar surface area (TPSA) is 72.7 Å². The molecule has 146 valence electrons. The molecular formula is C22H24N2O4. The summed E-state index contributed by atoms with van der Waals surface area (Å²) in [6, 6.07) is 20.8. The van der Waals surface area contributed by atoms with Gasteiger partial charge in [-0.1, -0.05) is 42.5 Å². The summed E-state index contributed by atoms with van der Waals surface area (Å²) in [4.78, 5) is 12.2. The van der Waals surface area contributed by atoms with Crippen LogP contribution in [0, 0.1) is 0 Å². The molecule has 0 saturated heterocycles. The average Bonchev–Trinajstić information content (AvgIpc) is 3.27. The quantitative estimate of drug-likeness (QED) is 0.529. The fourth-order valence-electron chi connectivity index (χ4n) is 2.83. The van der Waals surface area contributed by atoms with Crippen LogP contribution in [-0.4, -0.2) is 32.7 Å². The molecule has 6 nitrogen and oxygen atoms in total. The van der Waals surface area contributed by atoms with Gasteiger partial charge in [-0.25, -0.2) is 0 Å². The number of furan rings is 1. The van der Waals surface area contributed by atoms with Crippen molar-refractivity contribution in [3.05, 3.63) is 84.3 Å². The van der Waals surface area contributed by atoms with E-state index in [0.717, 1.165) is 11.3 Å². The molecule has 6 heteroatoms. The number of hydrogen-bond acceptors (Lipinski definition) is 5. The first-order chi connectivity index (χ1) is 13.8. The third-order valence-corrected chi connectivity index (χ3v) is 4.18. The maximum Gasteiger partial charge on any atom is 0.234 e. The summed E-state index contributed by atoms with van der Waals surface area (Å²) in [5, 5.41) is 6.09. The van der Waals surface area contributed by atoms with Gasteiger partial charge >= 0.3 is 0 Å². The van der Waals surface area contributed by atoms with Crippen molar-refractivity contribution in [1.29, 1.82) is 0 Å². The summed E-state index contributed by atoms with van der Waals surface area (Å²) in [6.07, 6.45) is 1.63. The van der Waals surface area contributed by atoms with E-state index in [1.54, 1.807) is 13.4 Å². The van der Waals surface area contributed by atoms with E-state index >= 15 is 0 Å². The summed E-state index contributed by atoms with van der Waals surface area (Å²) in [5.74, 6) is 1.97. The summed E-state index contributed by atoms with van der Waals surface area (Å²) >= 11 is 0. The fourth-order valence-corrected chi connectivity index (χ4v) is 2.83. The molecule has 0 spiro atoms. The van der Waals surface area contributed by atoms with Crippen molar-refractivity contribution in [3.8, 4) is 11.5 Å². The Balaban J connectivity index is 1.46. The Hall–Kier alpha value is -3.25. The van der Waals surface area contributed by atoms with Crippen LogP contribution in [-0.2, 0) is 4.79 Å². The lowest BCUT2D eigenvalue weighted by atomic mass is 10.0. The second-order valence-corrected chi connectivity index (χ2v) is 6.09. The van der Waals surface area contributed by atoms with Crippen molar-refractivity contribution in [2.75, 3.05) is 26.8 Å². The molecule has 2 N–H and O–H groups in total. The molecule has 0 aliphatic carbocycles. The van der Waals surface area contributed by atoms with E-state index in [1.165, 1.54) is 0 Å². The molecule has 28 heavy (non-hydrogen) atoms. The molecule has 0 fully saturated rings. The van der Waals surface area contributed by atoms with Crippen molar-refractivity contribution in [1.82, 2.24) is 10.6 Å². The van der Waals surface area contributed by atoms with Crippen LogP contribution in [0.3, 0.4) is 0 Å². The molecule has 0 saturated carbocycles. The van der Waals surface area contributed by atoms with Crippen LogP contribution in [0.15, 0.2) is 77.4 Å². The van der Waals surface area contributed by atoms with Crippen molar-refractivity contribution in [2.24, 2.45) is 0 Å². The Morgan fingerprint density at radius 2 is 1.75 bits per heavy atom. The number of hydrogen-bond donors (Lipinski definition) is 2. The van der Waals surface area contributed by atoms with Gasteiger partial charge in [0.15, 0.2) is 11.5 Å². The van der Waals surface area contributed by atoms with E-state index in [0.29, 0.717) is 24.7 Å². The largest absolute Gasteiger partial charge is 0.493 e. The van der Waals surface area contributed by atoms with Gasteiger partial charge in [-0.3, -0.25) is 10.1 Å². The van der Waals surface area contributed by atoms with Gasteiger partial charge in [0.2, 0.25) is 5.91 Å². The van der Waals surface area contributed by atoms with Crippen LogP contribution in [0.2, 0.25) is 0 Å². The maximum absolute atomic E-state index is 12.2. The molecule has 0 radical (unpaired) electrons. The first-order valence-corrected chi connectivity index (χ1v) is 9.12. The van der Waals surface area contributed by atoms with E-state index in [-0.39, 0.29) is 18.5 Å². The number of methoxy groups -OCH3 is 1. The van der Waals surface area contributed by atoms with Crippen LogP contribution < -0.4 is 20.1 Å². The molecule has 0 aliphatic heterocycles. The lowest BCUT2D eigenvalue weighted by Gasteiger charge is -2.17. The highest BCUT2D eigenvalue weighted by atomic mass is 16.5. The Morgan fingerprint density at radius 1 is 1.00 bits per heavy atom. The van der Waals surface area contributed by atoms with Crippen LogP contribution in [0.25, 0.3) is 0 Å². The molecule has 0 aliphatic rings. The minimum absolute atomic E-state index is 0.115. The molecule has 3 aromatic rings. The average molecular weight is 380 g/mol. The van der Waals surface area contributed by atoms with Gasteiger partial charge in [-0.2, -0.15) is 0 Å². The Bertz CT molecular complexity index is 850. The highest BCUT2D eigenvalue weighted by Gasteiger charge is 2.17. The van der Waals surface area contributed by atoms with E-state index in [2.05, 4.69) is 10.6 Å². The van der Waals surface area contributed by atoms with Gasteiger partial charge < -0.3 is 19.2 Å². The van der Waals surface area contributed by atoms with Crippen LogP contribution in [0.1, 0.15) is 17.4 Å². The van der Waals surface area contributed by atoms with Crippen molar-refractivity contribution < 1.29 is 18.7 Å². The van der Waals surface area contributed by atoms with Crippen molar-refractivity contribution in [2.45, 2.75) is 6.04 Å². The zero-order chi connectivity index (χ0) is 19.6. The molecule has 1 heterocycles. The van der Waals surface area contributed by atoms with E-state index in [4.69, 9.17) is 13.9 Å². The number of nitrogens with one attached hydrogen (secondary N) is 2. The van der Waals surface area contributed by atoms with Gasteiger partial charge in [0.05, 0.1) is 32.5 Å². The number of benzene rings is 2. The Kier molecular flexibility index (Phi) is 7.09. The number of carbonyl (C=O) groups is 1. The monoisotopic (exact) mass is 380 g/mol. The van der Waals surface area contributed by atoms with Gasteiger partial charge in [-0.15, -0.1) is 0 Å². The van der Waals surface area contributed by atoms with Gasteiger partial charge in [0.1, 0.15) is 12.4 Å². The summed E-state index contributed by atoms with van der Waals surface area (Å²) in [6.45, 7) is 0.913. The predicted molar refractivity (Wildman–Crippen MR) is 106 cm³/mol. The Labute approximate surface area is 164 Å². The number of rotatable bonds is 10. The second kappa shape index (κ2) is 10.2. The standard InChI is InChI=1S/C22H24N2O4/c1-26-18-10-5-6-11-19(18)28-15-13-23-21(25)16-24-22(20-12-7-14-27-20)17-8-3-2-4-9-17/h2-12,14,22,24H,13,15-16H2,1H3,(H,23,25)/t22-/m0/s1. The van der Waals surface area contributed by atoms with E-state index in [1.807, 2.05) is 66.7 Å². The molecule has 2 aromatic carbocycles. The summed E-state index contributed by atoms with van der Waals surface area (Å²) in [7, 11) is 1.60. The third kappa shape index (κ3) is 5.37. The first-order valence-electron chi connectivity index (χ1n) is 9.12. The lowest BCUT2D eigenvalue weighted by Crippen LogP contribution is -2.37. The van der Waals surface area contributed by atoms with Crippen molar-refractivity contribution in [3.63, 3.8) is 0 Å². The van der Waals surface area contributed by atoms with E-state index < -0.39 is 0 Å². The number of para-hydroxylation sites is 2. The highest BCUT2D eigenvalue weighted by Crippen LogP contribution is 2.25. The SMILES string of the molecule is COc1ccccc1OCCNC(=O)CN[C@@H](c1ccccc1)c1ccco1. The zero-order valence-corrected chi connectivity index (χ0v) is 15.8. The molecular weight excluding hydrogens is 356 g/mol. The zero-order valence-electron chi connectivity index (χ0n) is 15.8. The fraction of sp³-hybridized carbons (Fsp3) is 0.227. The van der Waals surface area contributed by atoms with Crippen LogP contribution in [0.4, 0.5) is 0 Å². The Morgan fingerprint density at radius 3 is 2.46 bits per heavy atom. The first kappa shape index (κ1) is 19.5. The van der Waals surface area contributed by atoms with Gasteiger partial charge in [0.25, 0.3) is 0 Å². The molecule has 1 atom stereocenters. The molecule has 3 rings (SSSR count). The number of amides is 1. The third-order valence-electron chi connectivity index (χ3n) is 4.18. The lowest BCUT2D eigenvalue weighted by molar-refractivity contribution is -0.120. The van der Waals surface area contributed by atoms with Gasteiger partial charge in [-0.05, 0) is 29.8 Å². The van der Waals surface area contributed by atoms with Crippen molar-refractivity contribution >= 4 is 5.91 Å². The van der Waals surface area contributed by atoms with Crippen LogP contribution in [0.5, 0.6) is 11.5 Å². The minimum atomic E-state index is -0.188. The second-order valence-electron chi connectivity index (χ2n) is 6.09. The normalized spacial score (nSPS) is 11.6. The predicted octanol–water partition coefficient (Wildman–Crippen LogP) is 3.16. The van der Waals surface area contributed by atoms with Crippen LogP contribution >= 0.6 is 0 Å². The molecule has 0 unspecified atom stereocenters. The number of carbonyl (C=O) groups excluding carboxylic acids is 1. The molecule has 0 bridgehead atoms. The molecule has 1 amide bonds. The summed E-state index contributed by atoms with van der Waals surface area (Å²) in [5.41, 5.74) is 1.03. The highest BCUT2D eigenvalue weighted by molar-refractivity contribution is 5.78. The smallest absolute Gasteiger partial charge is 0.234 e. The maximum atomic E-state index is 12.2. The van der Waals surface area contributed by atoms with Gasteiger partial charge in [0, 0.05) is 0 Å². The molecule has 1 aromatic heterocycles. The number of ether oxygens (including phenoxy) is 2. The minimum Gasteiger partial charge on any atom is -0.493 e.